The Morgan fingerprint density at radius 1 is 0.308 bits per heavy atom. The molecular weight excluding hydrogens is 805 g/mol. The lowest BCUT2D eigenvalue weighted by Crippen LogP contribution is -2.30. The Morgan fingerprint density at radius 3 is 0.892 bits per heavy atom. The molecule has 0 fully saturated rings. The van der Waals surface area contributed by atoms with Crippen molar-refractivity contribution < 1.29 is 28.6 Å². The van der Waals surface area contributed by atoms with E-state index < -0.39 is 6.10 Å². The Bertz CT molecular complexity index is 1090. The molecule has 0 aliphatic rings. The van der Waals surface area contributed by atoms with Crippen molar-refractivity contribution in [2.24, 2.45) is 0 Å². The maximum atomic E-state index is 12.8. The average Bonchev–Trinajstić information content (AvgIpc) is 3.30. The van der Waals surface area contributed by atoms with Gasteiger partial charge in [0.2, 0.25) is 0 Å². The van der Waals surface area contributed by atoms with Gasteiger partial charge < -0.3 is 14.2 Å². The molecule has 0 spiro atoms. The summed E-state index contributed by atoms with van der Waals surface area (Å²) in [6.45, 7) is 6.63. The third kappa shape index (κ3) is 52.5. The molecule has 0 radical (unpaired) electrons. The van der Waals surface area contributed by atoms with Crippen molar-refractivity contribution in [1.82, 2.24) is 0 Å². The molecule has 0 aromatic rings. The van der Waals surface area contributed by atoms with E-state index in [2.05, 4.69) is 57.2 Å². The molecule has 1 atom stereocenters. The van der Waals surface area contributed by atoms with Crippen molar-refractivity contribution in [3.05, 3.63) is 36.5 Å². The Hall–Kier alpha value is -2.37. The largest absolute Gasteiger partial charge is 0.462 e. The van der Waals surface area contributed by atoms with Crippen molar-refractivity contribution in [2.45, 2.75) is 309 Å². The van der Waals surface area contributed by atoms with Crippen LogP contribution in [-0.4, -0.2) is 37.2 Å². The van der Waals surface area contributed by atoms with Crippen LogP contribution in [0.4, 0.5) is 0 Å². The second-order valence-corrected chi connectivity index (χ2v) is 19.2. The molecule has 0 amide bonds. The molecule has 0 bridgehead atoms. The first-order chi connectivity index (χ1) is 32.0. The zero-order valence-electron chi connectivity index (χ0n) is 43.5. The molecule has 6 nitrogen and oxygen atoms in total. The molecule has 0 aliphatic carbocycles. The minimum atomic E-state index is -0.774. The van der Waals surface area contributed by atoms with Gasteiger partial charge in [-0.25, -0.2) is 0 Å². The summed E-state index contributed by atoms with van der Waals surface area (Å²) >= 11 is 0. The summed E-state index contributed by atoms with van der Waals surface area (Å²) in [5.74, 6) is -0.872. The van der Waals surface area contributed by atoms with Crippen LogP contribution in [0.15, 0.2) is 36.5 Å². The van der Waals surface area contributed by atoms with Gasteiger partial charge in [-0.05, 0) is 77.0 Å². The highest BCUT2D eigenvalue weighted by molar-refractivity contribution is 5.71. The zero-order valence-corrected chi connectivity index (χ0v) is 43.5. The van der Waals surface area contributed by atoms with Crippen LogP contribution in [0, 0.1) is 0 Å². The topological polar surface area (TPSA) is 78.9 Å². The van der Waals surface area contributed by atoms with E-state index in [1.54, 1.807) is 0 Å². The predicted octanol–water partition coefficient (Wildman–Crippen LogP) is 18.9. The molecule has 65 heavy (non-hydrogen) atoms. The summed E-state index contributed by atoms with van der Waals surface area (Å²) in [4.78, 5) is 38.1. The Labute approximate surface area is 404 Å². The first-order valence-electron chi connectivity index (χ1n) is 28.5. The highest BCUT2D eigenvalue weighted by Crippen LogP contribution is 2.16. The number of carbonyl (C=O) groups excluding carboxylic acids is 3. The number of rotatable bonds is 52. The van der Waals surface area contributed by atoms with E-state index in [9.17, 15) is 14.4 Å². The quantitative estimate of drug-likeness (QED) is 0.0262. The summed E-state index contributed by atoms with van der Waals surface area (Å²) < 4.78 is 16.8. The molecular formula is C59H108O6. The first-order valence-corrected chi connectivity index (χ1v) is 28.5. The summed E-state index contributed by atoms with van der Waals surface area (Å²) in [7, 11) is 0. The summed E-state index contributed by atoms with van der Waals surface area (Å²) in [6.07, 6.45) is 64.2. The molecule has 0 heterocycles. The van der Waals surface area contributed by atoms with Crippen molar-refractivity contribution in [3.8, 4) is 0 Å². The third-order valence-corrected chi connectivity index (χ3v) is 12.6. The van der Waals surface area contributed by atoms with Crippen LogP contribution < -0.4 is 0 Å². The summed E-state index contributed by atoms with van der Waals surface area (Å²) in [5.41, 5.74) is 0. The van der Waals surface area contributed by atoms with Gasteiger partial charge in [0.05, 0.1) is 0 Å². The van der Waals surface area contributed by atoms with E-state index in [4.69, 9.17) is 14.2 Å². The van der Waals surface area contributed by atoms with Crippen LogP contribution in [0.2, 0.25) is 0 Å². The van der Waals surface area contributed by atoms with Gasteiger partial charge >= 0.3 is 17.9 Å². The number of hydrogen-bond donors (Lipinski definition) is 0. The van der Waals surface area contributed by atoms with Crippen LogP contribution in [-0.2, 0) is 28.6 Å². The normalized spacial score (nSPS) is 12.2. The monoisotopic (exact) mass is 913 g/mol. The number of allylic oxidation sites excluding steroid dienone is 6. The zero-order chi connectivity index (χ0) is 47.2. The maximum Gasteiger partial charge on any atom is 0.306 e. The highest BCUT2D eigenvalue weighted by Gasteiger charge is 2.19. The fourth-order valence-electron chi connectivity index (χ4n) is 8.29. The molecule has 0 aromatic carbocycles. The van der Waals surface area contributed by atoms with Gasteiger partial charge in [0.1, 0.15) is 13.2 Å². The van der Waals surface area contributed by atoms with Gasteiger partial charge in [-0.2, -0.15) is 0 Å². The van der Waals surface area contributed by atoms with E-state index in [0.29, 0.717) is 19.3 Å². The van der Waals surface area contributed by atoms with Gasteiger partial charge in [-0.15, -0.1) is 0 Å². The number of hydrogen-bond acceptors (Lipinski definition) is 6. The van der Waals surface area contributed by atoms with Gasteiger partial charge in [-0.1, -0.05) is 243 Å². The molecule has 1 unspecified atom stereocenters. The van der Waals surface area contributed by atoms with Crippen LogP contribution in [0.25, 0.3) is 0 Å². The molecule has 0 aliphatic heterocycles. The van der Waals surface area contributed by atoms with Gasteiger partial charge in [0.15, 0.2) is 6.10 Å². The SMILES string of the molecule is CCCCC/C=C\C/C=C\CCCCCCCCCC(=O)OC(COC(=O)CCCCCCCCC/C=C\CCCCCCCCCC)COC(=O)CCCCCCCCCCCCC. The van der Waals surface area contributed by atoms with Crippen LogP contribution >= 0.6 is 0 Å². The second-order valence-electron chi connectivity index (χ2n) is 19.2. The third-order valence-electron chi connectivity index (χ3n) is 12.6. The maximum absolute atomic E-state index is 12.8. The fraction of sp³-hybridized carbons (Fsp3) is 0.847. The van der Waals surface area contributed by atoms with E-state index in [1.807, 2.05) is 0 Å². The smallest absolute Gasteiger partial charge is 0.306 e. The lowest BCUT2D eigenvalue weighted by Gasteiger charge is -2.18. The van der Waals surface area contributed by atoms with Crippen LogP contribution in [0.5, 0.6) is 0 Å². The lowest BCUT2D eigenvalue weighted by atomic mass is 10.1. The van der Waals surface area contributed by atoms with E-state index in [-0.39, 0.29) is 31.1 Å². The Kier molecular flexibility index (Phi) is 52.3. The molecule has 0 rings (SSSR count). The average molecular weight is 914 g/mol. The molecule has 6 heteroatoms. The van der Waals surface area contributed by atoms with E-state index in [0.717, 1.165) is 70.6 Å². The van der Waals surface area contributed by atoms with Crippen LogP contribution in [0.1, 0.15) is 303 Å². The molecule has 0 N–H and O–H groups in total. The highest BCUT2D eigenvalue weighted by atomic mass is 16.6. The Morgan fingerprint density at radius 2 is 0.554 bits per heavy atom. The fourth-order valence-corrected chi connectivity index (χ4v) is 8.29. The number of esters is 3. The molecule has 380 valence electrons. The van der Waals surface area contributed by atoms with Crippen molar-refractivity contribution in [3.63, 3.8) is 0 Å². The summed E-state index contributed by atoms with van der Waals surface area (Å²) in [5, 5.41) is 0. The van der Waals surface area contributed by atoms with Crippen molar-refractivity contribution >= 4 is 17.9 Å². The van der Waals surface area contributed by atoms with Gasteiger partial charge in [0, 0.05) is 19.3 Å². The predicted molar refractivity (Wildman–Crippen MR) is 279 cm³/mol. The van der Waals surface area contributed by atoms with E-state index in [1.165, 1.54) is 193 Å². The minimum Gasteiger partial charge on any atom is -0.462 e. The number of carbonyl (C=O) groups is 3. The van der Waals surface area contributed by atoms with Gasteiger partial charge in [-0.3, -0.25) is 14.4 Å². The van der Waals surface area contributed by atoms with Crippen molar-refractivity contribution in [2.75, 3.05) is 13.2 Å². The molecule has 0 aromatic heterocycles. The number of ether oxygens (including phenoxy) is 3. The Balaban J connectivity index is 4.32. The minimum absolute atomic E-state index is 0.0735. The standard InChI is InChI=1S/C59H108O6/c1-4-7-10-13-16-19-22-24-26-28-29-31-32-34-37-40-43-46-49-52-58(61)64-55-56(54-63-57(60)51-48-45-42-39-36-21-18-15-12-9-6-3)65-59(62)53-50-47-44-41-38-35-33-30-27-25-23-20-17-14-11-8-5-2/h17,20,25,27-29,56H,4-16,18-19,21-24,26,30-55H2,1-3H3/b20-17-,27-25-,29-28-. The molecule has 0 saturated heterocycles. The van der Waals surface area contributed by atoms with Crippen molar-refractivity contribution in [1.29, 1.82) is 0 Å². The number of unbranched alkanes of at least 4 members (excludes halogenated alkanes) is 35. The lowest BCUT2D eigenvalue weighted by molar-refractivity contribution is -0.167. The van der Waals surface area contributed by atoms with E-state index >= 15 is 0 Å². The second kappa shape index (κ2) is 54.2. The first kappa shape index (κ1) is 62.6. The molecule has 0 saturated carbocycles. The van der Waals surface area contributed by atoms with Gasteiger partial charge in [0.25, 0.3) is 0 Å². The van der Waals surface area contributed by atoms with Crippen LogP contribution in [0.3, 0.4) is 0 Å². The summed E-state index contributed by atoms with van der Waals surface area (Å²) in [6, 6.07) is 0.